The van der Waals surface area contributed by atoms with Gasteiger partial charge in [0.15, 0.2) is 0 Å². The van der Waals surface area contributed by atoms with Crippen LogP contribution in [-0.4, -0.2) is 31.1 Å². The van der Waals surface area contributed by atoms with Gasteiger partial charge in [-0.1, -0.05) is 17.7 Å². The Labute approximate surface area is 133 Å². The molecule has 3 N–H and O–H groups in total. The molecule has 0 aliphatic heterocycles. The second-order valence-electron chi connectivity index (χ2n) is 4.65. The van der Waals surface area contributed by atoms with Crippen LogP contribution in [0.1, 0.15) is 11.4 Å². The van der Waals surface area contributed by atoms with E-state index in [2.05, 4.69) is 20.2 Å². The molecule has 0 saturated heterocycles. The van der Waals surface area contributed by atoms with Gasteiger partial charge in [0, 0.05) is 10.7 Å². The van der Waals surface area contributed by atoms with Gasteiger partial charge in [0.1, 0.15) is 4.90 Å². The zero-order valence-corrected chi connectivity index (χ0v) is 13.5. The molecule has 0 aliphatic carbocycles. The quantitative estimate of drug-likeness (QED) is 0.767. The van der Waals surface area contributed by atoms with E-state index in [0.717, 1.165) is 0 Å². The highest BCUT2D eigenvalue weighted by Gasteiger charge is 2.22. The van der Waals surface area contributed by atoms with E-state index in [4.69, 9.17) is 11.6 Å². The van der Waals surface area contributed by atoms with Crippen LogP contribution in [0.25, 0.3) is 0 Å². The van der Waals surface area contributed by atoms with Crippen LogP contribution in [0.5, 0.6) is 0 Å². The first-order valence-electron chi connectivity index (χ1n) is 6.36. The topological polar surface area (TPSA) is 104 Å². The molecule has 1 amide bonds. The molecule has 0 bridgehead atoms. The van der Waals surface area contributed by atoms with Crippen LogP contribution >= 0.6 is 11.6 Å². The maximum absolute atomic E-state index is 12.2. The lowest BCUT2D eigenvalue weighted by atomic mass is 10.3. The fraction of sp³-hybridized carbons (Fsp3) is 0.231. The van der Waals surface area contributed by atoms with E-state index >= 15 is 0 Å². The number of aromatic nitrogens is 2. The molecule has 2 rings (SSSR count). The van der Waals surface area contributed by atoms with Crippen LogP contribution in [-0.2, 0) is 14.8 Å². The van der Waals surface area contributed by atoms with Crippen LogP contribution in [0.4, 0.5) is 5.69 Å². The van der Waals surface area contributed by atoms with Crippen LogP contribution in [0.3, 0.4) is 0 Å². The molecule has 0 aliphatic rings. The molecule has 0 fully saturated rings. The van der Waals surface area contributed by atoms with Gasteiger partial charge in [-0.25, -0.2) is 13.1 Å². The van der Waals surface area contributed by atoms with Crippen molar-refractivity contribution in [1.82, 2.24) is 14.9 Å². The van der Waals surface area contributed by atoms with Crippen molar-refractivity contribution in [3.05, 3.63) is 40.7 Å². The molecular weight excluding hydrogens is 328 g/mol. The van der Waals surface area contributed by atoms with Gasteiger partial charge in [0.05, 0.1) is 17.9 Å². The fourth-order valence-electron chi connectivity index (χ4n) is 1.94. The summed E-state index contributed by atoms with van der Waals surface area (Å²) >= 11 is 5.81. The molecule has 0 atom stereocenters. The molecule has 9 heteroatoms. The van der Waals surface area contributed by atoms with Gasteiger partial charge in [0.25, 0.3) is 0 Å². The molecule has 7 nitrogen and oxygen atoms in total. The van der Waals surface area contributed by atoms with Crippen LogP contribution in [0.2, 0.25) is 5.02 Å². The van der Waals surface area contributed by atoms with E-state index in [0.29, 0.717) is 22.1 Å². The number of nitrogens with one attached hydrogen (secondary N) is 3. The van der Waals surface area contributed by atoms with E-state index in [1.807, 2.05) is 0 Å². The average Bonchev–Trinajstić information content (AvgIpc) is 2.77. The average molecular weight is 343 g/mol. The summed E-state index contributed by atoms with van der Waals surface area (Å²) in [6.07, 6.45) is 0. The normalized spacial score (nSPS) is 11.4. The minimum atomic E-state index is -3.80. The number of aryl methyl sites for hydroxylation is 2. The summed E-state index contributed by atoms with van der Waals surface area (Å²) in [7, 11) is -3.80. The maximum Gasteiger partial charge on any atom is 0.244 e. The Morgan fingerprint density at radius 2 is 2.09 bits per heavy atom. The lowest BCUT2D eigenvalue weighted by molar-refractivity contribution is -0.115. The lowest BCUT2D eigenvalue weighted by Gasteiger charge is -2.08. The summed E-state index contributed by atoms with van der Waals surface area (Å²) in [6, 6.07) is 6.58. The number of hydrogen-bond acceptors (Lipinski definition) is 4. The maximum atomic E-state index is 12.2. The van der Waals surface area contributed by atoms with Gasteiger partial charge in [-0.3, -0.25) is 9.89 Å². The summed E-state index contributed by atoms with van der Waals surface area (Å²) in [5.41, 5.74) is 1.26. The first kappa shape index (κ1) is 16.5. The molecule has 0 spiro atoms. The van der Waals surface area contributed by atoms with Crippen LogP contribution in [0, 0.1) is 13.8 Å². The van der Waals surface area contributed by atoms with Crippen molar-refractivity contribution in [1.29, 1.82) is 0 Å². The van der Waals surface area contributed by atoms with Crippen molar-refractivity contribution >= 4 is 33.2 Å². The van der Waals surface area contributed by atoms with Gasteiger partial charge >= 0.3 is 0 Å². The summed E-state index contributed by atoms with van der Waals surface area (Å²) in [5, 5.41) is 9.45. The Morgan fingerprint density at radius 3 is 2.68 bits per heavy atom. The minimum absolute atomic E-state index is 0.0584. The SMILES string of the molecule is Cc1n[nH]c(C)c1S(=O)(=O)NCC(=O)Nc1cccc(Cl)c1. The van der Waals surface area contributed by atoms with Gasteiger partial charge in [-0.2, -0.15) is 5.10 Å². The fourth-order valence-corrected chi connectivity index (χ4v) is 3.48. The monoisotopic (exact) mass is 342 g/mol. The van der Waals surface area contributed by atoms with Crippen molar-refractivity contribution in [2.24, 2.45) is 0 Å². The van der Waals surface area contributed by atoms with Crippen LogP contribution in [0.15, 0.2) is 29.2 Å². The number of benzene rings is 1. The zero-order valence-electron chi connectivity index (χ0n) is 12.0. The summed E-state index contributed by atoms with van der Waals surface area (Å²) in [4.78, 5) is 11.9. The number of carbonyl (C=O) groups is 1. The number of sulfonamides is 1. The zero-order chi connectivity index (χ0) is 16.3. The Kier molecular flexibility index (Phi) is 4.84. The Morgan fingerprint density at radius 1 is 1.36 bits per heavy atom. The first-order chi connectivity index (χ1) is 10.3. The van der Waals surface area contributed by atoms with E-state index in [1.165, 1.54) is 0 Å². The molecule has 0 unspecified atom stereocenters. The van der Waals surface area contributed by atoms with Crippen molar-refractivity contribution in [3.63, 3.8) is 0 Å². The largest absolute Gasteiger partial charge is 0.325 e. The van der Waals surface area contributed by atoms with Crippen LogP contribution < -0.4 is 10.0 Å². The molecule has 118 valence electrons. The van der Waals surface area contributed by atoms with E-state index in [-0.39, 0.29) is 11.4 Å². The van der Waals surface area contributed by atoms with Crippen molar-refractivity contribution < 1.29 is 13.2 Å². The highest BCUT2D eigenvalue weighted by atomic mass is 35.5. The number of halogens is 1. The number of aromatic amines is 1. The highest BCUT2D eigenvalue weighted by molar-refractivity contribution is 7.89. The standard InChI is InChI=1S/C13H15ClN4O3S/c1-8-13(9(2)18-17-8)22(20,21)15-7-12(19)16-11-5-3-4-10(14)6-11/h3-6,15H,7H2,1-2H3,(H,16,19)(H,17,18). The number of amides is 1. The van der Waals surface area contributed by atoms with Crippen molar-refractivity contribution in [2.75, 3.05) is 11.9 Å². The molecular formula is C13H15ClN4O3S. The Bertz CT molecular complexity index is 782. The molecule has 1 aromatic carbocycles. The number of anilines is 1. The Balaban J connectivity index is 2.02. The van der Waals surface area contributed by atoms with Crippen molar-refractivity contribution in [3.8, 4) is 0 Å². The van der Waals surface area contributed by atoms with Crippen molar-refractivity contribution in [2.45, 2.75) is 18.7 Å². The molecule has 0 saturated carbocycles. The van der Waals surface area contributed by atoms with E-state index < -0.39 is 15.9 Å². The predicted octanol–water partition coefficient (Wildman–Crippen LogP) is 1.60. The second kappa shape index (κ2) is 6.47. The molecule has 1 aromatic heterocycles. The van der Waals surface area contributed by atoms with Gasteiger partial charge < -0.3 is 5.32 Å². The molecule has 1 heterocycles. The summed E-state index contributed by atoms with van der Waals surface area (Å²) in [5.74, 6) is -0.496. The number of H-pyrrole nitrogens is 1. The van der Waals surface area contributed by atoms with E-state index in [1.54, 1.807) is 38.1 Å². The summed E-state index contributed by atoms with van der Waals surface area (Å²) in [6.45, 7) is 2.78. The van der Waals surface area contributed by atoms with Gasteiger partial charge in [-0.05, 0) is 32.0 Å². The van der Waals surface area contributed by atoms with Gasteiger partial charge in [0.2, 0.25) is 15.9 Å². The number of nitrogens with zero attached hydrogens (tertiary/aromatic N) is 1. The summed E-state index contributed by atoms with van der Waals surface area (Å²) < 4.78 is 26.6. The second-order valence-corrected chi connectivity index (χ2v) is 6.79. The number of rotatable bonds is 5. The minimum Gasteiger partial charge on any atom is -0.325 e. The van der Waals surface area contributed by atoms with E-state index in [9.17, 15) is 13.2 Å². The van der Waals surface area contributed by atoms with Gasteiger partial charge in [-0.15, -0.1) is 0 Å². The highest BCUT2D eigenvalue weighted by Crippen LogP contribution is 2.16. The first-order valence-corrected chi connectivity index (χ1v) is 8.22. The Hall–Kier alpha value is -1.90. The molecule has 22 heavy (non-hydrogen) atoms. The number of hydrogen-bond donors (Lipinski definition) is 3. The molecule has 2 aromatic rings. The third-order valence-electron chi connectivity index (χ3n) is 2.86. The third-order valence-corrected chi connectivity index (χ3v) is 4.76. The molecule has 0 radical (unpaired) electrons. The smallest absolute Gasteiger partial charge is 0.244 e. The lowest BCUT2D eigenvalue weighted by Crippen LogP contribution is -2.33. The number of carbonyl (C=O) groups excluding carboxylic acids is 1. The third kappa shape index (κ3) is 3.85. The predicted molar refractivity (Wildman–Crippen MR) is 83.3 cm³/mol.